The minimum Gasteiger partial charge on any atom is -0.465 e. The molecule has 29 heavy (non-hydrogen) atoms. The van der Waals surface area contributed by atoms with Crippen molar-refractivity contribution in [2.45, 2.75) is 18.7 Å². The maximum atomic E-state index is 12.9. The molecule has 1 aromatic heterocycles. The van der Waals surface area contributed by atoms with Gasteiger partial charge in [0.05, 0.1) is 29.3 Å². The van der Waals surface area contributed by atoms with Gasteiger partial charge in [0.25, 0.3) is 10.0 Å². The molecule has 0 atom stereocenters. The molecule has 6 nitrogen and oxygen atoms in total. The molecule has 0 bridgehead atoms. The van der Waals surface area contributed by atoms with Gasteiger partial charge in [0.2, 0.25) is 0 Å². The Morgan fingerprint density at radius 1 is 1.10 bits per heavy atom. The smallest absolute Gasteiger partial charge is 0.350 e. The summed E-state index contributed by atoms with van der Waals surface area (Å²) in [7, 11) is -2.66. The number of carbonyl (C=O) groups excluding carboxylic acids is 1. The van der Waals surface area contributed by atoms with Crippen LogP contribution >= 0.6 is 11.3 Å². The quantitative estimate of drug-likeness (QED) is 0.606. The number of rotatable bonds is 5. The first-order chi connectivity index (χ1) is 13.7. The molecule has 1 N–H and O–H groups in total. The van der Waals surface area contributed by atoms with E-state index < -0.39 is 16.0 Å². The average molecular weight is 427 g/mol. The Morgan fingerprint density at radius 3 is 2.38 bits per heavy atom. The van der Waals surface area contributed by atoms with Crippen LogP contribution in [0.25, 0.3) is 10.4 Å². The highest BCUT2D eigenvalue weighted by Crippen LogP contribution is 2.36. The van der Waals surface area contributed by atoms with Gasteiger partial charge in [0.15, 0.2) is 0 Å². The Balaban J connectivity index is 2.04. The van der Waals surface area contributed by atoms with Crippen molar-refractivity contribution in [2.24, 2.45) is 0 Å². The third kappa shape index (κ3) is 4.31. The lowest BCUT2D eigenvalue weighted by Gasteiger charge is -2.11. The average Bonchev–Trinajstić information content (AvgIpc) is 3.10. The molecule has 0 spiro atoms. The van der Waals surface area contributed by atoms with E-state index in [2.05, 4.69) is 4.72 Å². The van der Waals surface area contributed by atoms with Crippen LogP contribution in [0.15, 0.2) is 53.4 Å². The number of sulfonamides is 1. The van der Waals surface area contributed by atoms with Crippen LogP contribution in [0.2, 0.25) is 0 Å². The molecule has 0 saturated carbocycles. The molecule has 0 fully saturated rings. The molecule has 148 valence electrons. The summed E-state index contributed by atoms with van der Waals surface area (Å²) < 4.78 is 33.2. The van der Waals surface area contributed by atoms with Crippen LogP contribution in [-0.2, 0) is 14.8 Å². The van der Waals surface area contributed by atoms with Gasteiger partial charge in [-0.3, -0.25) is 4.72 Å². The summed E-state index contributed by atoms with van der Waals surface area (Å²) in [5, 5.41) is 8.94. The number of aryl methyl sites for hydroxylation is 2. The van der Waals surface area contributed by atoms with Gasteiger partial charge in [-0.2, -0.15) is 5.26 Å². The van der Waals surface area contributed by atoms with Gasteiger partial charge >= 0.3 is 5.97 Å². The van der Waals surface area contributed by atoms with Crippen molar-refractivity contribution in [3.63, 3.8) is 0 Å². The Labute approximate surface area is 173 Å². The molecular weight excluding hydrogens is 408 g/mol. The Bertz CT molecular complexity index is 1220. The summed E-state index contributed by atoms with van der Waals surface area (Å²) in [5.41, 5.74) is 2.99. The van der Waals surface area contributed by atoms with Crippen LogP contribution in [0.3, 0.4) is 0 Å². The van der Waals surface area contributed by atoms with Gasteiger partial charge in [-0.05, 0) is 49.2 Å². The number of thiophene rings is 1. The zero-order valence-electron chi connectivity index (χ0n) is 16.0. The molecule has 0 unspecified atom stereocenters. The summed E-state index contributed by atoms with van der Waals surface area (Å²) in [6.45, 7) is 3.60. The van der Waals surface area contributed by atoms with Gasteiger partial charge in [0, 0.05) is 4.88 Å². The number of nitriles is 1. The lowest BCUT2D eigenvalue weighted by Crippen LogP contribution is -2.16. The molecule has 0 saturated heterocycles. The fourth-order valence-corrected chi connectivity index (χ4v) is 5.26. The number of hydrogen-bond donors (Lipinski definition) is 1. The van der Waals surface area contributed by atoms with E-state index in [1.165, 1.54) is 7.11 Å². The maximum Gasteiger partial charge on any atom is 0.350 e. The number of anilines is 1. The van der Waals surface area contributed by atoms with Crippen molar-refractivity contribution in [1.82, 2.24) is 0 Å². The number of hydrogen-bond acceptors (Lipinski definition) is 6. The van der Waals surface area contributed by atoms with E-state index >= 15 is 0 Å². The van der Waals surface area contributed by atoms with Crippen LogP contribution in [0.5, 0.6) is 0 Å². The van der Waals surface area contributed by atoms with Gasteiger partial charge in [-0.15, -0.1) is 11.3 Å². The van der Waals surface area contributed by atoms with Crippen LogP contribution in [-0.4, -0.2) is 21.5 Å². The lowest BCUT2D eigenvalue weighted by molar-refractivity contribution is 0.0607. The van der Waals surface area contributed by atoms with Gasteiger partial charge < -0.3 is 4.74 Å². The first kappa shape index (κ1) is 20.6. The van der Waals surface area contributed by atoms with E-state index in [9.17, 15) is 13.2 Å². The van der Waals surface area contributed by atoms with Crippen molar-refractivity contribution >= 4 is 33.0 Å². The minimum absolute atomic E-state index is 0.144. The molecule has 2 aromatic carbocycles. The van der Waals surface area contributed by atoms with E-state index in [1.807, 2.05) is 13.0 Å². The third-order valence-corrected chi connectivity index (χ3v) is 6.96. The molecule has 1 heterocycles. The van der Waals surface area contributed by atoms with Gasteiger partial charge in [0.1, 0.15) is 4.88 Å². The first-order valence-corrected chi connectivity index (χ1v) is 10.9. The van der Waals surface area contributed by atoms with Crippen molar-refractivity contribution in [3.8, 4) is 16.5 Å². The molecule has 8 heteroatoms. The highest BCUT2D eigenvalue weighted by atomic mass is 32.2. The summed E-state index contributed by atoms with van der Waals surface area (Å²) >= 11 is 1.12. The third-order valence-electron chi connectivity index (χ3n) is 4.27. The number of carbonyl (C=O) groups is 1. The highest BCUT2D eigenvalue weighted by Gasteiger charge is 2.24. The zero-order valence-corrected chi connectivity index (χ0v) is 17.6. The fraction of sp³-hybridized carbons (Fsp3) is 0.143. The molecule has 0 amide bonds. The highest BCUT2D eigenvalue weighted by molar-refractivity contribution is 7.92. The standard InChI is InChI=1S/C21H18N2O4S2/c1-13-4-9-19(14(2)10-13)29(25,26)23-17-11-18(28-20(17)21(24)27-3)16-7-5-15(12-22)6-8-16/h4-11,23H,1-3H3. The van der Waals surface area contributed by atoms with E-state index in [4.69, 9.17) is 10.00 Å². The van der Waals surface area contributed by atoms with Crippen molar-refractivity contribution < 1.29 is 17.9 Å². The fourth-order valence-electron chi connectivity index (χ4n) is 2.86. The SMILES string of the molecule is COC(=O)c1sc(-c2ccc(C#N)cc2)cc1NS(=O)(=O)c1ccc(C)cc1C. The predicted octanol–water partition coefficient (Wildman–Crippen LogP) is 4.49. The zero-order chi connectivity index (χ0) is 21.2. The van der Waals surface area contributed by atoms with Crippen molar-refractivity contribution in [2.75, 3.05) is 11.8 Å². The van der Waals surface area contributed by atoms with Crippen molar-refractivity contribution in [3.05, 3.63) is 70.1 Å². The molecular formula is C21H18N2O4S2. The van der Waals surface area contributed by atoms with E-state index in [1.54, 1.807) is 55.5 Å². The molecule has 3 aromatic rings. The number of nitrogens with zero attached hydrogens (tertiary/aromatic N) is 1. The molecule has 3 rings (SSSR count). The molecule has 0 radical (unpaired) electrons. The largest absolute Gasteiger partial charge is 0.465 e. The van der Waals surface area contributed by atoms with Crippen LogP contribution in [0, 0.1) is 25.2 Å². The van der Waals surface area contributed by atoms with Crippen LogP contribution in [0.1, 0.15) is 26.4 Å². The molecule has 0 aliphatic carbocycles. The van der Waals surface area contributed by atoms with Gasteiger partial charge in [-0.25, -0.2) is 13.2 Å². The summed E-state index contributed by atoms with van der Waals surface area (Å²) in [6.07, 6.45) is 0. The Morgan fingerprint density at radius 2 is 1.79 bits per heavy atom. The second-order valence-corrected chi connectivity index (χ2v) is 9.11. The van der Waals surface area contributed by atoms with E-state index in [-0.39, 0.29) is 15.5 Å². The Hall–Kier alpha value is -3.15. The predicted molar refractivity (Wildman–Crippen MR) is 113 cm³/mol. The van der Waals surface area contributed by atoms with Crippen LogP contribution < -0.4 is 4.72 Å². The van der Waals surface area contributed by atoms with Crippen LogP contribution in [0.4, 0.5) is 5.69 Å². The number of nitrogens with one attached hydrogen (secondary N) is 1. The van der Waals surface area contributed by atoms with E-state index in [0.717, 1.165) is 22.5 Å². The summed E-state index contributed by atoms with van der Waals surface area (Å²) in [6, 6.07) is 15.5. The topological polar surface area (TPSA) is 96.3 Å². The number of benzene rings is 2. The molecule has 0 aliphatic heterocycles. The first-order valence-electron chi connectivity index (χ1n) is 8.58. The molecule has 0 aliphatic rings. The maximum absolute atomic E-state index is 12.9. The number of methoxy groups -OCH3 is 1. The number of ether oxygens (including phenoxy) is 1. The monoisotopic (exact) mass is 426 g/mol. The summed E-state index contributed by atoms with van der Waals surface area (Å²) in [5.74, 6) is -0.631. The van der Waals surface area contributed by atoms with Crippen molar-refractivity contribution in [1.29, 1.82) is 5.26 Å². The minimum atomic E-state index is -3.90. The second-order valence-electron chi connectivity index (χ2n) is 6.41. The normalized spacial score (nSPS) is 11.0. The second kappa shape index (κ2) is 8.07. The summed E-state index contributed by atoms with van der Waals surface area (Å²) in [4.78, 5) is 13.2. The van der Waals surface area contributed by atoms with Gasteiger partial charge in [-0.1, -0.05) is 29.8 Å². The lowest BCUT2D eigenvalue weighted by atomic mass is 10.1. The number of esters is 1. The van der Waals surface area contributed by atoms with E-state index in [0.29, 0.717) is 16.0 Å². The Kier molecular flexibility index (Phi) is 5.73.